The molecule has 0 spiro atoms. The Morgan fingerprint density at radius 1 is 0.714 bits per heavy atom. The van der Waals surface area contributed by atoms with Crippen LogP contribution in [-0.4, -0.2) is 34.1 Å². The molecular weight excluding hydrogens is 636 g/mol. The number of carbonyl (C=O) groups excluding carboxylic acids is 1. The number of rotatable bonds is 6. The lowest BCUT2D eigenvalue weighted by atomic mass is 9.68. The number of nitrogens with zero attached hydrogens (tertiary/aromatic N) is 2. The van der Waals surface area contributed by atoms with Crippen molar-refractivity contribution < 1.29 is 37.0 Å². The molecule has 49 heavy (non-hydrogen) atoms. The Bertz CT molecular complexity index is 1960. The van der Waals surface area contributed by atoms with Crippen LogP contribution in [0.1, 0.15) is 71.9 Å². The van der Waals surface area contributed by atoms with Crippen molar-refractivity contribution in [2.45, 2.75) is 63.2 Å². The number of carboxylic acids is 1. The monoisotopic (exact) mass is 672 g/mol. The number of aromatic nitrogens is 2. The minimum atomic E-state index is -1.16. The molecule has 0 bridgehead atoms. The molecule has 6 nitrogen and oxygen atoms in total. The van der Waals surface area contributed by atoms with Gasteiger partial charge in [-0.1, -0.05) is 36.4 Å². The Balaban J connectivity index is 0.000000191. The van der Waals surface area contributed by atoms with Crippen LogP contribution < -0.4 is 0 Å². The van der Waals surface area contributed by atoms with E-state index >= 15 is 0 Å². The molecule has 2 aromatic heterocycles. The van der Waals surface area contributed by atoms with E-state index in [1.807, 2.05) is 6.08 Å². The zero-order valence-electron chi connectivity index (χ0n) is 27.4. The van der Waals surface area contributed by atoms with E-state index in [4.69, 9.17) is 4.74 Å². The SMILES string of the molecule is COC(=O)C1(c2cccc(F)c2C)CC=C(c2cncc(F)c2)CC1.Cc1c(F)cccc1C1(C(=O)O)CC=C(c2cncc(F)c2)CC1. The van der Waals surface area contributed by atoms with E-state index in [0.29, 0.717) is 65.5 Å². The molecule has 0 saturated carbocycles. The summed E-state index contributed by atoms with van der Waals surface area (Å²) in [5.74, 6) is -2.92. The molecule has 2 heterocycles. The summed E-state index contributed by atoms with van der Waals surface area (Å²) in [7, 11) is 1.34. The lowest BCUT2D eigenvalue weighted by molar-refractivity contribution is -0.148. The van der Waals surface area contributed by atoms with E-state index in [1.54, 1.807) is 50.5 Å². The molecular formula is C39H36F4N2O4. The molecule has 254 valence electrons. The maximum Gasteiger partial charge on any atom is 0.316 e. The fourth-order valence-corrected chi connectivity index (χ4v) is 6.94. The number of allylic oxidation sites excluding steroid dienone is 4. The van der Waals surface area contributed by atoms with Crippen LogP contribution in [0.2, 0.25) is 0 Å². The summed E-state index contributed by atoms with van der Waals surface area (Å²) in [6.07, 6.45) is 11.6. The van der Waals surface area contributed by atoms with Gasteiger partial charge >= 0.3 is 11.9 Å². The first-order valence-electron chi connectivity index (χ1n) is 15.8. The molecule has 2 aliphatic rings. The fraction of sp³-hybridized carbons (Fsp3) is 0.282. The highest BCUT2D eigenvalue weighted by molar-refractivity contribution is 5.86. The third-order valence-electron chi connectivity index (χ3n) is 9.74. The molecule has 2 atom stereocenters. The Morgan fingerprint density at radius 3 is 1.55 bits per heavy atom. The molecule has 0 saturated heterocycles. The molecule has 2 aliphatic carbocycles. The second-order valence-corrected chi connectivity index (χ2v) is 12.4. The summed E-state index contributed by atoms with van der Waals surface area (Å²) in [4.78, 5) is 32.3. The van der Waals surface area contributed by atoms with Gasteiger partial charge in [-0.3, -0.25) is 19.6 Å². The van der Waals surface area contributed by atoms with Gasteiger partial charge in [-0.05, 0) is 121 Å². The van der Waals surface area contributed by atoms with Crippen LogP contribution in [0.5, 0.6) is 0 Å². The van der Waals surface area contributed by atoms with Gasteiger partial charge in [-0.25, -0.2) is 17.6 Å². The summed E-state index contributed by atoms with van der Waals surface area (Å²) in [6, 6.07) is 12.1. The zero-order valence-corrected chi connectivity index (χ0v) is 27.4. The normalized spacial score (nSPS) is 20.3. The largest absolute Gasteiger partial charge is 0.481 e. The van der Waals surface area contributed by atoms with Gasteiger partial charge in [0.15, 0.2) is 0 Å². The van der Waals surface area contributed by atoms with Gasteiger partial charge in [-0.15, -0.1) is 0 Å². The highest BCUT2D eigenvalue weighted by Gasteiger charge is 2.44. The van der Waals surface area contributed by atoms with Crippen LogP contribution in [0, 0.1) is 37.1 Å². The first-order valence-corrected chi connectivity index (χ1v) is 15.8. The Labute approximate surface area is 282 Å². The number of aliphatic carboxylic acids is 1. The van der Waals surface area contributed by atoms with Gasteiger partial charge in [0.2, 0.25) is 0 Å². The number of ether oxygens (including phenoxy) is 1. The number of esters is 1. The van der Waals surface area contributed by atoms with E-state index in [2.05, 4.69) is 9.97 Å². The molecule has 10 heteroatoms. The number of methoxy groups -OCH3 is 1. The van der Waals surface area contributed by atoms with Gasteiger partial charge < -0.3 is 9.84 Å². The third kappa shape index (κ3) is 7.04. The number of benzene rings is 2. The summed E-state index contributed by atoms with van der Waals surface area (Å²) >= 11 is 0. The number of hydrogen-bond acceptors (Lipinski definition) is 5. The molecule has 2 unspecified atom stereocenters. The summed E-state index contributed by atoms with van der Waals surface area (Å²) in [5, 5.41) is 9.83. The average molecular weight is 673 g/mol. The van der Waals surface area contributed by atoms with E-state index < -0.39 is 34.3 Å². The lowest BCUT2D eigenvalue weighted by Gasteiger charge is -2.35. The second kappa shape index (κ2) is 14.6. The third-order valence-corrected chi connectivity index (χ3v) is 9.74. The number of halogens is 4. The Hall–Kier alpha value is -5.12. The average Bonchev–Trinajstić information content (AvgIpc) is 3.10. The topological polar surface area (TPSA) is 89.4 Å². The van der Waals surface area contributed by atoms with Crippen LogP contribution in [-0.2, 0) is 25.2 Å². The van der Waals surface area contributed by atoms with Crippen LogP contribution in [0.3, 0.4) is 0 Å². The number of pyridine rings is 2. The molecule has 6 rings (SSSR count). The summed E-state index contributed by atoms with van der Waals surface area (Å²) in [5.41, 5.74) is 3.05. The van der Waals surface area contributed by atoms with Crippen molar-refractivity contribution in [2.75, 3.05) is 7.11 Å². The smallest absolute Gasteiger partial charge is 0.316 e. The first-order chi connectivity index (χ1) is 23.4. The first kappa shape index (κ1) is 35.2. The number of carbonyl (C=O) groups is 2. The van der Waals surface area contributed by atoms with Crippen LogP contribution in [0.25, 0.3) is 11.1 Å². The maximum absolute atomic E-state index is 14.0. The van der Waals surface area contributed by atoms with E-state index in [1.165, 1.54) is 37.4 Å². The van der Waals surface area contributed by atoms with Gasteiger partial charge in [0, 0.05) is 12.4 Å². The van der Waals surface area contributed by atoms with Crippen molar-refractivity contribution in [3.8, 4) is 0 Å². The Morgan fingerprint density at radius 2 is 1.16 bits per heavy atom. The van der Waals surface area contributed by atoms with Gasteiger partial charge in [0.25, 0.3) is 0 Å². The molecule has 4 aromatic rings. The molecule has 0 radical (unpaired) electrons. The fourth-order valence-electron chi connectivity index (χ4n) is 6.94. The predicted octanol–water partition coefficient (Wildman–Crippen LogP) is 8.60. The van der Waals surface area contributed by atoms with Crippen molar-refractivity contribution in [3.63, 3.8) is 0 Å². The van der Waals surface area contributed by atoms with Crippen LogP contribution in [0.15, 0.2) is 85.5 Å². The lowest BCUT2D eigenvalue weighted by Crippen LogP contribution is -2.39. The maximum atomic E-state index is 14.0. The van der Waals surface area contributed by atoms with Crippen molar-refractivity contribution in [1.29, 1.82) is 0 Å². The van der Waals surface area contributed by atoms with E-state index in [9.17, 15) is 32.3 Å². The molecule has 1 N–H and O–H groups in total. The predicted molar refractivity (Wildman–Crippen MR) is 177 cm³/mol. The second-order valence-electron chi connectivity index (χ2n) is 12.4. The minimum Gasteiger partial charge on any atom is -0.481 e. The molecule has 0 fully saturated rings. The number of carboxylic acid groups (broad SMARTS) is 1. The van der Waals surface area contributed by atoms with Crippen molar-refractivity contribution in [1.82, 2.24) is 9.97 Å². The van der Waals surface area contributed by atoms with E-state index in [0.717, 1.165) is 23.5 Å². The highest BCUT2D eigenvalue weighted by Crippen LogP contribution is 2.45. The number of hydrogen-bond donors (Lipinski definition) is 1. The zero-order chi connectivity index (χ0) is 35.3. The van der Waals surface area contributed by atoms with Crippen molar-refractivity contribution >= 4 is 23.1 Å². The van der Waals surface area contributed by atoms with Gasteiger partial charge in [0.05, 0.1) is 30.3 Å². The van der Waals surface area contributed by atoms with Gasteiger partial charge in [-0.2, -0.15) is 0 Å². The van der Waals surface area contributed by atoms with E-state index in [-0.39, 0.29) is 18.2 Å². The summed E-state index contributed by atoms with van der Waals surface area (Å²) < 4.78 is 59.7. The molecule has 0 amide bonds. The standard InChI is InChI=1S/C20H19F2NO2.C19H17F2NO2/c1-13-17(4-3-5-18(13)22)20(19(24)25-2)8-6-14(7-9-20)15-10-16(21)12-23-11-15;1-12-16(3-2-4-17(12)21)19(18(23)24)7-5-13(6-8-19)14-9-15(20)11-22-10-14/h3-6,10-12H,7-9H2,1-2H3;2-5,9-11H,6-8H2,1H3,(H,23,24). The van der Waals surface area contributed by atoms with Crippen LogP contribution in [0.4, 0.5) is 17.6 Å². The Kier molecular flexibility index (Phi) is 10.5. The quantitative estimate of drug-likeness (QED) is 0.163. The summed E-state index contributed by atoms with van der Waals surface area (Å²) in [6.45, 7) is 3.27. The minimum absolute atomic E-state index is 0.235. The van der Waals surface area contributed by atoms with Crippen molar-refractivity contribution in [3.05, 3.63) is 142 Å². The van der Waals surface area contributed by atoms with Gasteiger partial charge in [0.1, 0.15) is 23.3 Å². The van der Waals surface area contributed by atoms with Crippen LogP contribution >= 0.6 is 0 Å². The molecule has 0 aliphatic heterocycles. The molecule has 2 aromatic carbocycles. The highest BCUT2D eigenvalue weighted by atomic mass is 19.1. The van der Waals surface area contributed by atoms with Crippen molar-refractivity contribution in [2.24, 2.45) is 0 Å².